The highest BCUT2D eigenvalue weighted by atomic mass is 16.6. The number of aliphatic hydroxyl groups excluding tert-OH is 3. The van der Waals surface area contributed by atoms with Crippen molar-refractivity contribution in [1.29, 1.82) is 0 Å². The molecule has 0 aromatic carbocycles. The van der Waals surface area contributed by atoms with E-state index in [4.69, 9.17) is 14.2 Å². The van der Waals surface area contributed by atoms with Crippen LogP contribution in [0.5, 0.6) is 0 Å². The van der Waals surface area contributed by atoms with Crippen LogP contribution >= 0.6 is 0 Å². The minimum absolute atomic E-state index is 0.0222. The maximum Gasteiger partial charge on any atom is 0.343 e. The van der Waals surface area contributed by atoms with Gasteiger partial charge in [0.25, 0.3) is 0 Å². The standard InChI is InChI=1S/C34H46N4O7/c1-32-8-7-29(41)33(2,20-40)27(32)16-28(37-10-12-43-13-11-37)34(21-44-34)26(32)6-5-23-15-25(45-30(23)42)14-22-17-35-31(36-18-22)38-9-3-4-24(38)19-39/h5-6,14-15,17-18,24,26-29,39-41H,3-4,7-13,16,19-21H2,1-2H3/b6-5+,25-14+/t24?,26?,27?,28?,29-,32-,33+,34?/m1/s1. The highest BCUT2D eigenvalue weighted by Gasteiger charge is 2.71. The Kier molecular flexibility index (Phi) is 8.15. The fourth-order valence-electron chi connectivity index (χ4n) is 9.24. The van der Waals surface area contributed by atoms with Gasteiger partial charge >= 0.3 is 5.97 Å². The van der Waals surface area contributed by atoms with Crippen LogP contribution in [0.1, 0.15) is 51.5 Å². The molecule has 6 aliphatic rings. The summed E-state index contributed by atoms with van der Waals surface area (Å²) in [5.41, 5.74) is -0.0758. The lowest BCUT2D eigenvalue weighted by molar-refractivity contribution is -0.186. The molecule has 1 spiro atoms. The van der Waals surface area contributed by atoms with Crippen LogP contribution in [0, 0.1) is 22.7 Å². The Labute approximate surface area is 264 Å². The number of carbonyl (C=O) groups is 1. The molecule has 11 nitrogen and oxygen atoms in total. The molecule has 5 heterocycles. The number of rotatable bonds is 7. The maximum absolute atomic E-state index is 13.0. The van der Waals surface area contributed by atoms with Crippen LogP contribution in [-0.2, 0) is 19.0 Å². The average molecular weight is 623 g/mol. The molecule has 1 aromatic rings. The van der Waals surface area contributed by atoms with E-state index in [0.717, 1.165) is 45.3 Å². The number of fused-ring (bicyclic) bond motifs is 1. The van der Waals surface area contributed by atoms with Gasteiger partial charge in [-0.05, 0) is 55.6 Å². The van der Waals surface area contributed by atoms with E-state index in [1.807, 2.05) is 17.9 Å². The van der Waals surface area contributed by atoms with Gasteiger partial charge in [0, 0.05) is 55.0 Å². The molecular weight excluding hydrogens is 576 g/mol. The lowest BCUT2D eigenvalue weighted by Gasteiger charge is -2.63. The number of cyclic esters (lactones) is 1. The highest BCUT2D eigenvalue weighted by Crippen LogP contribution is 2.66. The third-order valence-electron chi connectivity index (χ3n) is 11.9. The van der Waals surface area contributed by atoms with Crippen LogP contribution in [-0.4, -0.2) is 113 Å². The highest BCUT2D eigenvalue weighted by molar-refractivity contribution is 5.96. The first-order valence-electron chi connectivity index (χ1n) is 16.5. The van der Waals surface area contributed by atoms with E-state index < -0.39 is 17.5 Å². The summed E-state index contributed by atoms with van der Waals surface area (Å²) in [7, 11) is 0. The Bertz CT molecular complexity index is 1370. The third kappa shape index (κ3) is 5.25. The number of hydrogen-bond acceptors (Lipinski definition) is 11. The van der Waals surface area contributed by atoms with E-state index in [-0.39, 0.29) is 48.1 Å². The molecular formula is C34H46N4O7. The molecule has 7 rings (SSSR count). The van der Waals surface area contributed by atoms with Gasteiger partial charge in [0.15, 0.2) is 0 Å². The van der Waals surface area contributed by atoms with Gasteiger partial charge < -0.3 is 34.4 Å². The smallest absolute Gasteiger partial charge is 0.343 e. The van der Waals surface area contributed by atoms with Crippen LogP contribution in [0.3, 0.4) is 0 Å². The van der Waals surface area contributed by atoms with Gasteiger partial charge in [0.2, 0.25) is 5.95 Å². The number of aromatic nitrogens is 2. The number of epoxide rings is 1. The van der Waals surface area contributed by atoms with Crippen molar-refractivity contribution in [2.45, 2.75) is 69.7 Å². The largest absolute Gasteiger partial charge is 0.423 e. The molecule has 11 heteroatoms. The van der Waals surface area contributed by atoms with Gasteiger partial charge in [-0.15, -0.1) is 0 Å². The molecule has 0 radical (unpaired) electrons. The summed E-state index contributed by atoms with van der Waals surface area (Å²) in [5.74, 6) is 0.647. The summed E-state index contributed by atoms with van der Waals surface area (Å²) in [5, 5.41) is 31.4. The summed E-state index contributed by atoms with van der Waals surface area (Å²) in [6.45, 7) is 8.79. The summed E-state index contributed by atoms with van der Waals surface area (Å²) in [6.07, 6.45) is 14.6. The molecule has 1 aromatic heterocycles. The Morgan fingerprint density at radius 3 is 2.56 bits per heavy atom. The number of anilines is 1. The number of morpholine rings is 1. The van der Waals surface area contributed by atoms with E-state index in [1.54, 1.807) is 24.5 Å². The molecule has 45 heavy (non-hydrogen) atoms. The van der Waals surface area contributed by atoms with Gasteiger partial charge in [0.05, 0.1) is 50.8 Å². The normalized spacial score (nSPS) is 41.1. The zero-order valence-electron chi connectivity index (χ0n) is 26.3. The predicted molar refractivity (Wildman–Crippen MR) is 166 cm³/mol. The number of aliphatic hydroxyl groups is 3. The first-order chi connectivity index (χ1) is 21.7. The van der Waals surface area contributed by atoms with Crippen molar-refractivity contribution in [2.24, 2.45) is 22.7 Å². The van der Waals surface area contributed by atoms with Crippen molar-refractivity contribution in [3.63, 3.8) is 0 Å². The van der Waals surface area contributed by atoms with Crippen LogP contribution in [0.4, 0.5) is 5.95 Å². The maximum atomic E-state index is 13.0. The quantitative estimate of drug-likeness (QED) is 0.304. The second-order valence-electron chi connectivity index (χ2n) is 14.3. The molecule has 2 saturated carbocycles. The van der Waals surface area contributed by atoms with Gasteiger partial charge in [-0.25, -0.2) is 14.8 Å². The minimum Gasteiger partial charge on any atom is -0.423 e. The molecule has 0 amide bonds. The number of esters is 1. The summed E-state index contributed by atoms with van der Waals surface area (Å²) in [4.78, 5) is 26.5. The Morgan fingerprint density at radius 2 is 1.87 bits per heavy atom. The van der Waals surface area contributed by atoms with Crippen molar-refractivity contribution in [2.75, 3.05) is 57.6 Å². The minimum atomic E-state index is -0.632. The number of hydrogen-bond donors (Lipinski definition) is 3. The van der Waals surface area contributed by atoms with E-state index in [2.05, 4.69) is 27.9 Å². The molecule has 5 fully saturated rings. The number of ether oxygens (including phenoxy) is 3. The van der Waals surface area contributed by atoms with Gasteiger partial charge in [-0.2, -0.15) is 0 Å². The molecule has 3 saturated heterocycles. The fourth-order valence-corrected chi connectivity index (χ4v) is 9.24. The summed E-state index contributed by atoms with van der Waals surface area (Å²) < 4.78 is 17.7. The van der Waals surface area contributed by atoms with Crippen LogP contribution < -0.4 is 4.90 Å². The lowest BCUT2D eigenvalue weighted by atomic mass is 9.44. The SMILES string of the molecule is C[C@]12CC[C@@H](O)[C@@](C)(CO)C1CC(N1CCOCC1)C1(CO1)C2/C=C/C1=CC(=C\c2cnc(N3CCCC3CO)nc2)/OC1=O. The zero-order valence-corrected chi connectivity index (χ0v) is 26.3. The molecule has 244 valence electrons. The van der Waals surface area contributed by atoms with Gasteiger partial charge in [-0.1, -0.05) is 26.0 Å². The molecule has 0 bridgehead atoms. The zero-order chi connectivity index (χ0) is 31.4. The lowest BCUT2D eigenvalue weighted by Crippen LogP contribution is -2.67. The van der Waals surface area contributed by atoms with E-state index in [1.165, 1.54) is 0 Å². The van der Waals surface area contributed by atoms with Crippen molar-refractivity contribution in [3.05, 3.63) is 47.5 Å². The van der Waals surface area contributed by atoms with Crippen molar-refractivity contribution >= 4 is 18.0 Å². The topological polar surface area (TPSA) is 141 Å². The second-order valence-corrected chi connectivity index (χ2v) is 14.3. The number of allylic oxidation sites excluding steroid dienone is 1. The summed E-state index contributed by atoms with van der Waals surface area (Å²) >= 11 is 0. The van der Waals surface area contributed by atoms with E-state index in [9.17, 15) is 20.1 Å². The molecule has 3 N–H and O–H groups in total. The summed E-state index contributed by atoms with van der Waals surface area (Å²) in [6, 6.07) is 0.172. The third-order valence-corrected chi connectivity index (χ3v) is 11.9. The Morgan fingerprint density at radius 1 is 1.11 bits per heavy atom. The number of nitrogens with zero attached hydrogens (tertiary/aromatic N) is 4. The Balaban J connectivity index is 1.16. The van der Waals surface area contributed by atoms with Crippen LogP contribution in [0.25, 0.3) is 6.08 Å². The van der Waals surface area contributed by atoms with Crippen LogP contribution in [0.15, 0.2) is 42.0 Å². The first-order valence-corrected chi connectivity index (χ1v) is 16.5. The first kappa shape index (κ1) is 31.0. The van der Waals surface area contributed by atoms with E-state index in [0.29, 0.717) is 49.1 Å². The molecule has 2 aliphatic carbocycles. The fraction of sp³-hybridized carbons (Fsp3) is 0.676. The van der Waals surface area contributed by atoms with Gasteiger partial charge in [0.1, 0.15) is 11.4 Å². The second kappa shape index (κ2) is 11.8. The monoisotopic (exact) mass is 622 g/mol. The Hall–Kier alpha value is -2.67. The number of carbonyl (C=O) groups excluding carboxylic acids is 1. The molecule has 5 unspecified atom stereocenters. The molecule has 4 aliphatic heterocycles. The van der Waals surface area contributed by atoms with Crippen molar-refractivity contribution in [1.82, 2.24) is 14.9 Å². The van der Waals surface area contributed by atoms with Crippen molar-refractivity contribution in [3.8, 4) is 0 Å². The van der Waals surface area contributed by atoms with Crippen LogP contribution in [0.2, 0.25) is 0 Å². The van der Waals surface area contributed by atoms with Gasteiger partial charge in [-0.3, -0.25) is 4.90 Å². The molecule has 8 atom stereocenters. The van der Waals surface area contributed by atoms with E-state index >= 15 is 0 Å². The predicted octanol–water partition coefficient (Wildman–Crippen LogP) is 2.08. The average Bonchev–Trinajstić information content (AvgIpc) is 3.52. The van der Waals surface area contributed by atoms with Crippen molar-refractivity contribution < 1.29 is 34.3 Å².